The highest BCUT2D eigenvalue weighted by Crippen LogP contribution is 2.32. The normalized spacial score (nSPS) is 12.6. The first-order chi connectivity index (χ1) is 9.34. The van der Waals surface area contributed by atoms with Gasteiger partial charge in [-0.1, -0.05) is 29.8 Å². The van der Waals surface area contributed by atoms with Crippen LogP contribution in [0.4, 0.5) is 4.39 Å². The molecule has 106 valence electrons. The molecule has 0 aromatic heterocycles. The van der Waals surface area contributed by atoms with Crippen molar-refractivity contribution < 1.29 is 4.39 Å². The van der Waals surface area contributed by atoms with Gasteiger partial charge in [-0.15, -0.1) is 0 Å². The zero-order chi connectivity index (χ0) is 15.0. The molecule has 0 aliphatic rings. The first-order valence-corrected chi connectivity index (χ1v) is 6.99. The van der Waals surface area contributed by atoms with Crippen LogP contribution in [0.1, 0.15) is 39.4 Å². The summed E-state index contributed by atoms with van der Waals surface area (Å²) in [6, 6.07) is 6.59. The van der Waals surface area contributed by atoms with Crippen LogP contribution in [-0.4, -0.2) is 0 Å². The van der Waals surface area contributed by atoms with E-state index in [0.29, 0.717) is 5.56 Å². The van der Waals surface area contributed by atoms with Crippen LogP contribution in [-0.2, 0) is 0 Å². The highest BCUT2D eigenvalue weighted by molar-refractivity contribution is 6.30. The van der Waals surface area contributed by atoms with E-state index in [9.17, 15) is 4.39 Å². The van der Waals surface area contributed by atoms with Crippen molar-refractivity contribution in [3.05, 3.63) is 68.5 Å². The van der Waals surface area contributed by atoms with Gasteiger partial charge < -0.3 is 5.73 Å². The van der Waals surface area contributed by atoms with Crippen LogP contribution in [0.5, 0.6) is 0 Å². The second-order valence-corrected chi connectivity index (χ2v) is 5.70. The van der Waals surface area contributed by atoms with Crippen molar-refractivity contribution >= 4 is 11.6 Å². The molecule has 0 saturated carbocycles. The number of benzene rings is 2. The van der Waals surface area contributed by atoms with Crippen LogP contribution < -0.4 is 5.73 Å². The van der Waals surface area contributed by atoms with E-state index >= 15 is 0 Å². The number of nitrogens with two attached hydrogens (primary N) is 1. The Morgan fingerprint density at radius 3 is 2.15 bits per heavy atom. The van der Waals surface area contributed by atoms with Crippen molar-refractivity contribution in [2.24, 2.45) is 5.73 Å². The maximum Gasteiger partial charge on any atom is 0.146 e. The van der Waals surface area contributed by atoms with Crippen LogP contribution in [0, 0.1) is 33.5 Å². The third-order valence-corrected chi connectivity index (χ3v) is 4.34. The lowest BCUT2D eigenvalue weighted by atomic mass is 9.87. The summed E-state index contributed by atoms with van der Waals surface area (Å²) < 4.78 is 14.2. The van der Waals surface area contributed by atoms with E-state index in [1.54, 1.807) is 12.1 Å². The molecule has 0 saturated heterocycles. The van der Waals surface area contributed by atoms with Crippen molar-refractivity contribution in [3.63, 3.8) is 0 Å². The summed E-state index contributed by atoms with van der Waals surface area (Å²) in [5.41, 5.74) is 12.3. The van der Waals surface area contributed by atoms with E-state index in [1.165, 1.54) is 17.2 Å². The average Bonchev–Trinajstić information content (AvgIpc) is 2.40. The van der Waals surface area contributed by atoms with Gasteiger partial charge in [-0.05, 0) is 61.6 Å². The monoisotopic (exact) mass is 291 g/mol. The molecule has 0 fully saturated rings. The zero-order valence-corrected chi connectivity index (χ0v) is 13.0. The summed E-state index contributed by atoms with van der Waals surface area (Å²) in [6.07, 6.45) is 0. The molecule has 0 heterocycles. The molecule has 1 unspecified atom stereocenters. The second kappa shape index (κ2) is 5.55. The minimum atomic E-state index is -0.507. The van der Waals surface area contributed by atoms with Gasteiger partial charge in [0.2, 0.25) is 0 Å². The van der Waals surface area contributed by atoms with Crippen molar-refractivity contribution in [1.82, 2.24) is 0 Å². The Morgan fingerprint density at radius 1 is 1.05 bits per heavy atom. The molecule has 0 bridgehead atoms. The average molecular weight is 292 g/mol. The largest absolute Gasteiger partial charge is 0.320 e. The molecule has 0 aliphatic carbocycles. The van der Waals surface area contributed by atoms with E-state index < -0.39 is 11.9 Å². The Bertz CT molecular complexity index is 638. The Hall–Kier alpha value is -1.38. The highest BCUT2D eigenvalue weighted by atomic mass is 35.5. The quantitative estimate of drug-likeness (QED) is 0.848. The number of halogens is 2. The summed E-state index contributed by atoms with van der Waals surface area (Å²) in [5.74, 6) is -0.431. The van der Waals surface area contributed by atoms with Crippen molar-refractivity contribution in [1.29, 1.82) is 0 Å². The van der Waals surface area contributed by atoms with Gasteiger partial charge in [-0.25, -0.2) is 4.39 Å². The second-order valence-electron chi connectivity index (χ2n) is 5.29. The van der Waals surface area contributed by atoms with Gasteiger partial charge in [0.25, 0.3) is 0 Å². The maximum absolute atomic E-state index is 14.2. The third kappa shape index (κ3) is 2.46. The third-order valence-electron chi connectivity index (χ3n) is 4.05. The number of hydrogen-bond acceptors (Lipinski definition) is 1. The summed E-state index contributed by atoms with van der Waals surface area (Å²) in [6.45, 7) is 8.15. The molecule has 2 aromatic carbocycles. The molecule has 2 N–H and O–H groups in total. The molecule has 2 rings (SSSR count). The minimum Gasteiger partial charge on any atom is -0.320 e. The standard InChI is InChI=1S/C17H19ClFN/c1-9-8-10(2)12(4)15(11(9)3)17(20)13-6-5-7-14(18)16(13)19/h5-8,17H,20H2,1-4H3. The van der Waals surface area contributed by atoms with E-state index in [4.69, 9.17) is 17.3 Å². The molecule has 1 atom stereocenters. The van der Waals surface area contributed by atoms with Crippen LogP contribution in [0.25, 0.3) is 0 Å². The SMILES string of the molecule is Cc1cc(C)c(C)c(C(N)c2cccc(Cl)c2F)c1C. The van der Waals surface area contributed by atoms with Crippen LogP contribution in [0.3, 0.4) is 0 Å². The fourth-order valence-electron chi connectivity index (χ4n) is 2.63. The van der Waals surface area contributed by atoms with Gasteiger partial charge in [0.05, 0.1) is 11.1 Å². The number of hydrogen-bond donors (Lipinski definition) is 1. The summed E-state index contributed by atoms with van der Waals surface area (Å²) in [7, 11) is 0. The van der Waals surface area contributed by atoms with Crippen LogP contribution >= 0.6 is 11.6 Å². The zero-order valence-electron chi connectivity index (χ0n) is 12.2. The maximum atomic E-state index is 14.2. The first kappa shape index (κ1) is 15.0. The van der Waals surface area contributed by atoms with Gasteiger partial charge in [0.15, 0.2) is 0 Å². The predicted octanol–water partition coefficient (Wildman–Crippen LogP) is 4.76. The lowest BCUT2D eigenvalue weighted by Crippen LogP contribution is -2.17. The predicted molar refractivity (Wildman–Crippen MR) is 82.8 cm³/mol. The topological polar surface area (TPSA) is 26.0 Å². The van der Waals surface area contributed by atoms with Crippen molar-refractivity contribution in [3.8, 4) is 0 Å². The minimum absolute atomic E-state index is 0.109. The smallest absolute Gasteiger partial charge is 0.146 e. The van der Waals surface area contributed by atoms with Crippen molar-refractivity contribution in [2.75, 3.05) is 0 Å². The molecule has 0 amide bonds. The van der Waals surface area contributed by atoms with Gasteiger partial charge in [-0.3, -0.25) is 0 Å². The Kier molecular flexibility index (Phi) is 4.17. The van der Waals surface area contributed by atoms with E-state index in [1.807, 2.05) is 27.7 Å². The molecule has 3 heteroatoms. The van der Waals surface area contributed by atoms with Gasteiger partial charge in [0, 0.05) is 5.56 Å². The molecule has 0 spiro atoms. The van der Waals surface area contributed by atoms with E-state index in [-0.39, 0.29) is 5.02 Å². The lowest BCUT2D eigenvalue weighted by Gasteiger charge is -2.22. The molecular weight excluding hydrogens is 273 g/mol. The summed E-state index contributed by atoms with van der Waals surface area (Å²) in [5, 5.41) is 0.109. The van der Waals surface area contributed by atoms with E-state index in [0.717, 1.165) is 16.7 Å². The molecule has 0 aliphatic heterocycles. The molecule has 1 nitrogen and oxygen atoms in total. The highest BCUT2D eigenvalue weighted by Gasteiger charge is 2.20. The van der Waals surface area contributed by atoms with Crippen LogP contribution in [0.15, 0.2) is 24.3 Å². The first-order valence-electron chi connectivity index (χ1n) is 6.61. The van der Waals surface area contributed by atoms with Crippen LogP contribution in [0.2, 0.25) is 5.02 Å². The lowest BCUT2D eigenvalue weighted by molar-refractivity contribution is 0.599. The molecule has 20 heavy (non-hydrogen) atoms. The fourth-order valence-corrected chi connectivity index (χ4v) is 2.81. The Morgan fingerprint density at radius 2 is 1.60 bits per heavy atom. The molecule has 0 radical (unpaired) electrons. The Labute approximate surface area is 124 Å². The van der Waals surface area contributed by atoms with Gasteiger partial charge in [-0.2, -0.15) is 0 Å². The summed E-state index contributed by atoms with van der Waals surface area (Å²) >= 11 is 5.86. The summed E-state index contributed by atoms with van der Waals surface area (Å²) in [4.78, 5) is 0. The van der Waals surface area contributed by atoms with Gasteiger partial charge in [0.1, 0.15) is 5.82 Å². The van der Waals surface area contributed by atoms with Crippen molar-refractivity contribution in [2.45, 2.75) is 33.7 Å². The fraction of sp³-hybridized carbons (Fsp3) is 0.294. The molecule has 2 aromatic rings. The van der Waals surface area contributed by atoms with Gasteiger partial charge >= 0.3 is 0 Å². The van der Waals surface area contributed by atoms with E-state index in [2.05, 4.69) is 6.07 Å². The Balaban J connectivity index is 2.65. The molecular formula is C17H19ClFN. The number of aryl methyl sites for hydroxylation is 2. The number of rotatable bonds is 2.